The third kappa shape index (κ3) is 3.47. The predicted molar refractivity (Wildman–Crippen MR) is 70.4 cm³/mol. The Labute approximate surface area is 110 Å². The lowest BCUT2D eigenvalue weighted by Gasteiger charge is -2.43. The topological polar surface area (TPSA) is 46.6 Å². The van der Waals surface area contributed by atoms with Crippen molar-refractivity contribution in [3.63, 3.8) is 0 Å². The zero-order valence-corrected chi connectivity index (χ0v) is 12.3. The van der Waals surface area contributed by atoms with E-state index in [0.717, 1.165) is 12.8 Å². The number of rotatable bonds is 1. The molecule has 3 atom stereocenters. The van der Waals surface area contributed by atoms with Gasteiger partial charge in [0, 0.05) is 18.0 Å². The summed E-state index contributed by atoms with van der Waals surface area (Å²) in [4.78, 5) is 25.5. The highest BCUT2D eigenvalue weighted by Gasteiger charge is 2.39. The van der Waals surface area contributed by atoms with Gasteiger partial charge in [-0.1, -0.05) is 0 Å². The van der Waals surface area contributed by atoms with Crippen LogP contribution in [0.1, 0.15) is 54.4 Å². The summed E-state index contributed by atoms with van der Waals surface area (Å²) in [6.07, 6.45) is 1.40. The fraction of sp³-hybridized carbons (Fsp3) is 0.857. The van der Waals surface area contributed by atoms with E-state index in [0.29, 0.717) is 0 Å². The van der Waals surface area contributed by atoms with Crippen LogP contribution in [0, 0.1) is 5.92 Å². The Hall–Kier alpha value is -1.06. The lowest BCUT2D eigenvalue weighted by Crippen LogP contribution is -2.54. The Bertz CT molecular complexity index is 332. The van der Waals surface area contributed by atoms with Crippen molar-refractivity contribution in [3.8, 4) is 0 Å². The highest BCUT2D eigenvalue weighted by molar-refractivity contribution is 5.80. The predicted octanol–water partition coefficient (Wildman–Crippen LogP) is 3.00. The van der Waals surface area contributed by atoms with E-state index in [2.05, 4.69) is 0 Å². The Morgan fingerprint density at radius 3 is 2.17 bits per heavy atom. The molecular weight excluding hydrogens is 230 g/mol. The Morgan fingerprint density at radius 1 is 1.17 bits per heavy atom. The highest BCUT2D eigenvalue weighted by atomic mass is 16.6. The average molecular weight is 255 g/mol. The molecule has 0 aliphatic carbocycles. The van der Waals surface area contributed by atoms with Crippen molar-refractivity contribution >= 4 is 11.9 Å². The van der Waals surface area contributed by atoms with Gasteiger partial charge in [0.1, 0.15) is 11.4 Å². The number of amides is 1. The molecule has 1 fully saturated rings. The van der Waals surface area contributed by atoms with Crippen LogP contribution < -0.4 is 0 Å². The molecule has 0 unspecified atom stereocenters. The average Bonchev–Trinajstić information content (AvgIpc) is 2.13. The molecule has 0 aromatic heterocycles. The standard InChI is InChI=1S/C14H25NO3/c1-9-7-8-12(11(3)16)10(2)15(9)13(17)18-14(4,5)6/h9-10,12H,7-8H2,1-6H3/t9-,10-,12-/m1/s1. The second kappa shape index (κ2) is 5.29. The number of ketones is 1. The molecule has 1 rings (SSSR count). The maximum atomic E-state index is 12.2. The normalized spacial score (nSPS) is 29.0. The Kier molecular flexibility index (Phi) is 4.41. The summed E-state index contributed by atoms with van der Waals surface area (Å²) in [6.45, 7) is 11.1. The van der Waals surface area contributed by atoms with Gasteiger partial charge in [0.15, 0.2) is 0 Å². The van der Waals surface area contributed by atoms with Crippen LogP contribution >= 0.6 is 0 Å². The van der Waals surface area contributed by atoms with Crippen LogP contribution in [-0.4, -0.2) is 34.5 Å². The van der Waals surface area contributed by atoms with Gasteiger partial charge in [-0.15, -0.1) is 0 Å². The molecular formula is C14H25NO3. The molecule has 4 nitrogen and oxygen atoms in total. The van der Waals surface area contributed by atoms with Crippen molar-refractivity contribution in [2.75, 3.05) is 0 Å². The fourth-order valence-electron chi connectivity index (χ4n) is 2.60. The van der Waals surface area contributed by atoms with Crippen molar-refractivity contribution in [1.29, 1.82) is 0 Å². The summed E-state index contributed by atoms with van der Waals surface area (Å²) < 4.78 is 5.42. The van der Waals surface area contributed by atoms with E-state index in [4.69, 9.17) is 4.74 Å². The first-order chi connectivity index (χ1) is 8.13. The lowest BCUT2D eigenvalue weighted by molar-refractivity contribution is -0.124. The van der Waals surface area contributed by atoms with Crippen molar-refractivity contribution in [1.82, 2.24) is 4.90 Å². The molecule has 0 spiro atoms. The third-order valence-corrected chi connectivity index (χ3v) is 3.52. The van der Waals surface area contributed by atoms with E-state index in [1.165, 1.54) is 0 Å². The highest BCUT2D eigenvalue weighted by Crippen LogP contribution is 2.30. The van der Waals surface area contributed by atoms with E-state index in [-0.39, 0.29) is 29.9 Å². The van der Waals surface area contributed by atoms with Gasteiger partial charge in [0.2, 0.25) is 0 Å². The molecule has 0 aromatic carbocycles. The quantitative estimate of drug-likeness (QED) is 0.723. The van der Waals surface area contributed by atoms with Crippen LogP contribution in [0.4, 0.5) is 4.79 Å². The number of carbonyl (C=O) groups is 2. The molecule has 0 radical (unpaired) electrons. The van der Waals surface area contributed by atoms with Crippen LogP contribution in [-0.2, 0) is 9.53 Å². The van der Waals surface area contributed by atoms with Gasteiger partial charge in [0.25, 0.3) is 0 Å². The number of hydrogen-bond donors (Lipinski definition) is 0. The van der Waals surface area contributed by atoms with Crippen LogP contribution in [0.15, 0.2) is 0 Å². The van der Waals surface area contributed by atoms with E-state index >= 15 is 0 Å². The third-order valence-electron chi connectivity index (χ3n) is 3.52. The number of hydrogen-bond acceptors (Lipinski definition) is 3. The number of likely N-dealkylation sites (tertiary alicyclic amines) is 1. The molecule has 1 aliphatic heterocycles. The molecule has 0 N–H and O–H groups in total. The molecule has 0 bridgehead atoms. The molecule has 18 heavy (non-hydrogen) atoms. The molecule has 1 aliphatic rings. The number of carbonyl (C=O) groups excluding carboxylic acids is 2. The first-order valence-electron chi connectivity index (χ1n) is 6.65. The molecule has 0 aromatic rings. The number of nitrogens with zero attached hydrogens (tertiary/aromatic N) is 1. The van der Waals surface area contributed by atoms with Crippen molar-refractivity contribution in [2.45, 2.75) is 72.1 Å². The lowest BCUT2D eigenvalue weighted by atomic mass is 9.84. The zero-order chi connectivity index (χ0) is 14.1. The molecule has 1 amide bonds. The smallest absolute Gasteiger partial charge is 0.410 e. The van der Waals surface area contributed by atoms with Gasteiger partial charge < -0.3 is 9.64 Å². The Balaban J connectivity index is 2.83. The van der Waals surface area contributed by atoms with Gasteiger partial charge in [-0.25, -0.2) is 4.79 Å². The van der Waals surface area contributed by atoms with Crippen molar-refractivity contribution in [3.05, 3.63) is 0 Å². The number of piperidine rings is 1. The second-order valence-corrected chi connectivity index (χ2v) is 6.27. The first-order valence-corrected chi connectivity index (χ1v) is 6.65. The minimum Gasteiger partial charge on any atom is -0.444 e. The van der Waals surface area contributed by atoms with Gasteiger partial charge in [-0.3, -0.25) is 4.79 Å². The summed E-state index contributed by atoms with van der Waals surface area (Å²) in [7, 11) is 0. The summed E-state index contributed by atoms with van der Waals surface area (Å²) in [6, 6.07) is 0.0477. The van der Waals surface area contributed by atoms with Gasteiger partial charge in [-0.2, -0.15) is 0 Å². The summed E-state index contributed by atoms with van der Waals surface area (Å²) >= 11 is 0. The number of ether oxygens (including phenoxy) is 1. The second-order valence-electron chi connectivity index (χ2n) is 6.27. The van der Waals surface area contributed by atoms with Crippen LogP contribution in [0.3, 0.4) is 0 Å². The van der Waals surface area contributed by atoms with Gasteiger partial charge in [-0.05, 0) is 54.4 Å². The molecule has 0 saturated carbocycles. The molecule has 104 valence electrons. The van der Waals surface area contributed by atoms with E-state index < -0.39 is 5.60 Å². The summed E-state index contributed by atoms with van der Waals surface area (Å²) in [5.41, 5.74) is -0.500. The largest absolute Gasteiger partial charge is 0.444 e. The van der Waals surface area contributed by atoms with Crippen LogP contribution in [0.25, 0.3) is 0 Å². The fourth-order valence-corrected chi connectivity index (χ4v) is 2.60. The molecule has 1 saturated heterocycles. The molecule has 1 heterocycles. The Morgan fingerprint density at radius 2 is 1.72 bits per heavy atom. The van der Waals surface area contributed by atoms with Crippen LogP contribution in [0.5, 0.6) is 0 Å². The van der Waals surface area contributed by atoms with E-state index in [1.54, 1.807) is 11.8 Å². The minimum absolute atomic E-state index is 0.0614. The summed E-state index contributed by atoms with van der Waals surface area (Å²) in [5.74, 6) is 0.0941. The first kappa shape index (κ1) is 15.0. The SMILES string of the molecule is CC(=O)[C@@H]1CC[C@@H](C)N(C(=O)OC(C)(C)C)[C@@H]1C. The molecule has 4 heteroatoms. The number of Topliss-reactive ketones (excluding diaryl/α,β-unsaturated/α-hetero) is 1. The van der Waals surface area contributed by atoms with E-state index in [1.807, 2.05) is 34.6 Å². The monoisotopic (exact) mass is 255 g/mol. The summed E-state index contributed by atoms with van der Waals surface area (Å²) in [5, 5.41) is 0. The van der Waals surface area contributed by atoms with E-state index in [9.17, 15) is 9.59 Å². The van der Waals surface area contributed by atoms with Crippen molar-refractivity contribution < 1.29 is 14.3 Å². The van der Waals surface area contributed by atoms with Crippen molar-refractivity contribution in [2.24, 2.45) is 5.92 Å². The van der Waals surface area contributed by atoms with Crippen LogP contribution in [0.2, 0.25) is 0 Å². The minimum atomic E-state index is -0.500. The maximum Gasteiger partial charge on any atom is 0.410 e. The van der Waals surface area contributed by atoms with Gasteiger partial charge in [0.05, 0.1) is 0 Å². The maximum absolute atomic E-state index is 12.2. The van der Waals surface area contributed by atoms with Gasteiger partial charge >= 0.3 is 6.09 Å². The zero-order valence-electron chi connectivity index (χ0n) is 12.3.